The molecule has 1 N–H and O–H groups in total. The van der Waals surface area contributed by atoms with E-state index in [-0.39, 0.29) is 16.6 Å². The van der Waals surface area contributed by atoms with Crippen LogP contribution in [-0.2, 0) is 23.1 Å². The van der Waals surface area contributed by atoms with Gasteiger partial charge in [0.05, 0.1) is 6.42 Å². The molecule has 1 aliphatic heterocycles. The Labute approximate surface area is 172 Å². The van der Waals surface area contributed by atoms with E-state index in [0.29, 0.717) is 11.3 Å². The van der Waals surface area contributed by atoms with Crippen LogP contribution in [0.2, 0.25) is 0 Å². The summed E-state index contributed by atoms with van der Waals surface area (Å²) >= 11 is 1.96. The van der Waals surface area contributed by atoms with Crippen LogP contribution in [0.4, 0.5) is 0 Å². The number of carboxylic acids is 1. The first-order chi connectivity index (χ1) is 13.1. The average Bonchev–Trinajstić information content (AvgIpc) is 2.57. The van der Waals surface area contributed by atoms with Crippen LogP contribution >= 0.6 is 11.8 Å². The Morgan fingerprint density at radius 3 is 2.64 bits per heavy atom. The number of aromatic nitrogens is 1. The molecular formula is C24H27NO2S. The predicted molar refractivity (Wildman–Crippen MR) is 115 cm³/mol. The molecule has 1 aromatic heterocycles. The normalized spacial score (nSPS) is 16.6. The van der Waals surface area contributed by atoms with E-state index in [1.54, 1.807) is 18.3 Å². The van der Waals surface area contributed by atoms with Crippen LogP contribution in [-0.4, -0.2) is 20.8 Å². The topological polar surface area (TPSA) is 50.2 Å². The van der Waals surface area contributed by atoms with Crippen molar-refractivity contribution in [1.82, 2.24) is 4.98 Å². The van der Waals surface area contributed by atoms with Crippen molar-refractivity contribution in [2.24, 2.45) is 0 Å². The molecule has 0 atom stereocenters. The third-order valence-corrected chi connectivity index (χ3v) is 6.33. The zero-order valence-corrected chi connectivity index (χ0v) is 18.0. The molecule has 0 saturated heterocycles. The van der Waals surface area contributed by atoms with Crippen molar-refractivity contribution in [2.75, 3.05) is 0 Å². The lowest BCUT2D eigenvalue weighted by Crippen LogP contribution is -2.33. The number of hydrogen-bond acceptors (Lipinski definition) is 3. The number of carboxylic acid groups (broad SMARTS) is 1. The number of hydrogen-bond donors (Lipinski definition) is 1. The monoisotopic (exact) mass is 393 g/mol. The highest BCUT2D eigenvalue weighted by Gasteiger charge is 2.38. The Balaban J connectivity index is 2.01. The molecule has 28 heavy (non-hydrogen) atoms. The average molecular weight is 394 g/mol. The summed E-state index contributed by atoms with van der Waals surface area (Å²) in [7, 11) is 0. The third-order valence-electron chi connectivity index (χ3n) is 5.07. The Hall–Kier alpha value is -2.25. The molecule has 0 saturated carbocycles. The van der Waals surface area contributed by atoms with Crippen molar-refractivity contribution < 1.29 is 9.90 Å². The van der Waals surface area contributed by atoms with Crippen LogP contribution in [0.25, 0.3) is 0 Å². The molecule has 4 heteroatoms. The smallest absolute Gasteiger partial charge is 0.307 e. The van der Waals surface area contributed by atoms with E-state index in [1.807, 2.05) is 11.8 Å². The molecule has 2 heterocycles. The van der Waals surface area contributed by atoms with Gasteiger partial charge in [0.2, 0.25) is 0 Å². The first kappa shape index (κ1) is 20.5. The lowest BCUT2D eigenvalue weighted by atomic mass is 9.76. The van der Waals surface area contributed by atoms with Crippen molar-refractivity contribution in [3.63, 3.8) is 0 Å². The number of carbonyl (C=O) groups is 1. The fraction of sp³-hybridized carbons (Fsp3) is 0.417. The van der Waals surface area contributed by atoms with Crippen molar-refractivity contribution in [2.45, 2.75) is 68.9 Å². The number of rotatable bonds is 3. The molecule has 146 valence electrons. The lowest BCUT2D eigenvalue weighted by Gasteiger charge is -2.42. The summed E-state index contributed by atoms with van der Waals surface area (Å²) in [6.07, 6.45) is 3.65. The number of fused-ring (bicyclic) bond motifs is 1. The maximum Gasteiger partial charge on any atom is 0.307 e. The molecular weight excluding hydrogens is 366 g/mol. The summed E-state index contributed by atoms with van der Waals surface area (Å²) in [5.74, 6) is 5.59. The van der Waals surface area contributed by atoms with Gasteiger partial charge in [0.25, 0.3) is 0 Å². The van der Waals surface area contributed by atoms with E-state index in [4.69, 9.17) is 5.11 Å². The van der Waals surface area contributed by atoms with E-state index >= 15 is 0 Å². The quantitative estimate of drug-likeness (QED) is 0.726. The number of benzene rings is 1. The molecule has 0 aliphatic carbocycles. The minimum absolute atomic E-state index is 0.0164. The second kappa shape index (κ2) is 7.64. The second-order valence-corrected chi connectivity index (χ2v) is 10.4. The minimum atomic E-state index is -0.851. The van der Waals surface area contributed by atoms with Gasteiger partial charge in [-0.05, 0) is 65.1 Å². The highest BCUT2D eigenvalue weighted by molar-refractivity contribution is 8.00. The van der Waals surface area contributed by atoms with Gasteiger partial charge in [0.15, 0.2) is 0 Å². The number of pyridine rings is 1. The largest absolute Gasteiger partial charge is 0.481 e. The Bertz CT molecular complexity index is 980. The predicted octanol–water partition coefficient (Wildman–Crippen LogP) is 5.22. The summed E-state index contributed by atoms with van der Waals surface area (Å²) in [4.78, 5) is 16.6. The molecule has 0 spiro atoms. The van der Waals surface area contributed by atoms with Gasteiger partial charge < -0.3 is 5.11 Å². The van der Waals surface area contributed by atoms with Gasteiger partial charge in [-0.2, -0.15) is 0 Å². The fourth-order valence-corrected chi connectivity index (χ4v) is 5.77. The first-order valence-electron chi connectivity index (χ1n) is 9.65. The van der Waals surface area contributed by atoms with Crippen molar-refractivity contribution in [3.8, 4) is 11.8 Å². The Morgan fingerprint density at radius 1 is 1.21 bits per heavy atom. The van der Waals surface area contributed by atoms with Gasteiger partial charge in [0, 0.05) is 21.4 Å². The maximum absolute atomic E-state index is 10.9. The Morgan fingerprint density at radius 2 is 1.96 bits per heavy atom. The molecule has 3 nitrogen and oxygen atoms in total. The molecule has 1 aliphatic rings. The lowest BCUT2D eigenvalue weighted by molar-refractivity contribution is -0.136. The van der Waals surface area contributed by atoms with Gasteiger partial charge in [-0.25, -0.2) is 4.98 Å². The SMILES string of the molecule is CCc1cc2c(cc1C#Cc1cc(CC(=O)O)ccn1)C(C)(C)CC(C)(C)S2. The van der Waals surface area contributed by atoms with Crippen molar-refractivity contribution in [1.29, 1.82) is 0 Å². The molecule has 1 aromatic carbocycles. The van der Waals surface area contributed by atoms with Crippen LogP contribution in [0.3, 0.4) is 0 Å². The number of nitrogens with zero attached hydrogens (tertiary/aromatic N) is 1. The zero-order chi connectivity index (χ0) is 20.5. The highest BCUT2D eigenvalue weighted by Crippen LogP contribution is 2.51. The summed E-state index contributed by atoms with van der Waals surface area (Å²) in [5.41, 5.74) is 5.08. The minimum Gasteiger partial charge on any atom is -0.481 e. The van der Waals surface area contributed by atoms with Gasteiger partial charge >= 0.3 is 5.97 Å². The number of aryl methyl sites for hydroxylation is 1. The molecule has 0 bridgehead atoms. The Kier molecular flexibility index (Phi) is 5.59. The first-order valence-corrected chi connectivity index (χ1v) is 10.5. The fourth-order valence-electron chi connectivity index (χ4n) is 4.10. The highest BCUT2D eigenvalue weighted by atomic mass is 32.2. The van der Waals surface area contributed by atoms with Crippen LogP contribution in [0, 0.1) is 11.8 Å². The van der Waals surface area contributed by atoms with Crippen LogP contribution in [0.1, 0.15) is 69.0 Å². The van der Waals surface area contributed by atoms with Crippen molar-refractivity contribution in [3.05, 3.63) is 58.4 Å². The molecule has 3 rings (SSSR count). The van der Waals surface area contributed by atoms with Crippen LogP contribution in [0.15, 0.2) is 35.4 Å². The second-order valence-electron chi connectivity index (χ2n) is 8.65. The number of thioether (sulfide) groups is 1. The van der Waals surface area contributed by atoms with Crippen molar-refractivity contribution >= 4 is 17.7 Å². The van der Waals surface area contributed by atoms with E-state index in [0.717, 1.165) is 18.4 Å². The van der Waals surface area contributed by atoms with Gasteiger partial charge in [0.1, 0.15) is 5.69 Å². The van der Waals surface area contributed by atoms with Crippen LogP contribution in [0.5, 0.6) is 0 Å². The number of aliphatic carboxylic acids is 1. The molecule has 2 aromatic rings. The third kappa shape index (κ3) is 4.59. The molecule has 0 fully saturated rings. The van der Waals surface area contributed by atoms with Crippen LogP contribution < -0.4 is 0 Å². The standard InChI is InChI=1S/C24H27NO2S/c1-6-17-14-21-20(23(2,3)15-24(4,5)28-21)13-18(17)7-8-19-11-16(9-10-25-19)12-22(26)27/h9-11,13-14H,6,12,15H2,1-5H3,(H,26,27). The van der Waals surface area contributed by atoms with E-state index in [2.05, 4.69) is 63.6 Å². The van der Waals surface area contributed by atoms with Gasteiger partial charge in [-0.3, -0.25) is 4.79 Å². The summed E-state index contributed by atoms with van der Waals surface area (Å²) in [5, 5.41) is 8.97. The van der Waals surface area contributed by atoms with E-state index in [1.165, 1.54) is 16.0 Å². The summed E-state index contributed by atoms with van der Waals surface area (Å²) in [6.45, 7) is 11.4. The van der Waals surface area contributed by atoms with Gasteiger partial charge in [-0.15, -0.1) is 11.8 Å². The summed E-state index contributed by atoms with van der Waals surface area (Å²) in [6, 6.07) is 8.04. The molecule has 0 unspecified atom stereocenters. The van der Waals surface area contributed by atoms with E-state index < -0.39 is 5.97 Å². The zero-order valence-electron chi connectivity index (χ0n) is 17.2. The van der Waals surface area contributed by atoms with Gasteiger partial charge in [-0.1, -0.05) is 40.5 Å². The van der Waals surface area contributed by atoms with E-state index in [9.17, 15) is 4.79 Å². The summed E-state index contributed by atoms with van der Waals surface area (Å²) < 4.78 is 0.225. The molecule has 0 radical (unpaired) electrons. The maximum atomic E-state index is 10.9. The molecule has 0 amide bonds.